The number of rotatable bonds is 10. The SMILES string of the molecule is Cc1ccc(/C=C2/SC(=S)N(CCCC(=O)NNC(=O)CCCN3C(=O)/C(=C\c4ccc(C)cc4)SC3=S)C2=O)cc1. The van der Waals surface area contributed by atoms with E-state index in [2.05, 4.69) is 10.9 Å². The first-order chi connectivity index (χ1) is 20.1. The van der Waals surface area contributed by atoms with Crippen LogP contribution in [0.3, 0.4) is 0 Å². The van der Waals surface area contributed by atoms with Gasteiger partial charge in [-0.3, -0.25) is 39.8 Å². The maximum atomic E-state index is 12.8. The Morgan fingerprint density at radius 1 is 0.690 bits per heavy atom. The van der Waals surface area contributed by atoms with Crippen LogP contribution in [0.2, 0.25) is 0 Å². The number of hydrazine groups is 1. The number of thioether (sulfide) groups is 2. The van der Waals surface area contributed by atoms with Gasteiger partial charge in [0.1, 0.15) is 8.64 Å². The number of carbonyl (C=O) groups is 4. The van der Waals surface area contributed by atoms with Crippen LogP contribution in [0.5, 0.6) is 0 Å². The van der Waals surface area contributed by atoms with Crippen molar-refractivity contribution < 1.29 is 19.2 Å². The number of carbonyl (C=O) groups excluding carboxylic acids is 4. The summed E-state index contributed by atoms with van der Waals surface area (Å²) in [4.78, 5) is 54.1. The third-order valence-corrected chi connectivity index (χ3v) is 9.17. The molecule has 4 rings (SSSR count). The quantitative estimate of drug-likeness (QED) is 0.211. The smallest absolute Gasteiger partial charge is 0.266 e. The van der Waals surface area contributed by atoms with E-state index in [0.717, 1.165) is 22.3 Å². The van der Waals surface area contributed by atoms with E-state index >= 15 is 0 Å². The second-order valence-electron chi connectivity index (χ2n) is 9.79. The van der Waals surface area contributed by atoms with Crippen LogP contribution >= 0.6 is 48.0 Å². The van der Waals surface area contributed by atoms with Gasteiger partial charge in [-0.05, 0) is 50.0 Å². The van der Waals surface area contributed by atoms with Gasteiger partial charge < -0.3 is 0 Å². The normalized spacial score (nSPS) is 17.1. The van der Waals surface area contributed by atoms with Crippen LogP contribution in [-0.4, -0.2) is 55.2 Å². The second kappa shape index (κ2) is 14.7. The highest BCUT2D eigenvalue weighted by Gasteiger charge is 2.32. The largest absolute Gasteiger partial charge is 0.293 e. The van der Waals surface area contributed by atoms with Crippen LogP contribution in [-0.2, 0) is 19.2 Å². The lowest BCUT2D eigenvalue weighted by atomic mass is 10.1. The molecule has 2 fully saturated rings. The van der Waals surface area contributed by atoms with Crippen molar-refractivity contribution in [2.45, 2.75) is 39.5 Å². The summed E-state index contributed by atoms with van der Waals surface area (Å²) >= 11 is 13.2. The molecule has 0 bridgehead atoms. The summed E-state index contributed by atoms with van der Waals surface area (Å²) in [6.45, 7) is 4.61. The Morgan fingerprint density at radius 3 is 1.40 bits per heavy atom. The number of aryl methyl sites for hydroxylation is 2. The number of amides is 4. The molecule has 4 amide bonds. The zero-order valence-electron chi connectivity index (χ0n) is 23.2. The highest BCUT2D eigenvalue weighted by molar-refractivity contribution is 8.27. The van der Waals surface area contributed by atoms with E-state index < -0.39 is 0 Å². The van der Waals surface area contributed by atoms with Crippen molar-refractivity contribution in [1.29, 1.82) is 0 Å². The number of hydrogen-bond acceptors (Lipinski definition) is 8. The predicted molar refractivity (Wildman–Crippen MR) is 177 cm³/mol. The first kappa shape index (κ1) is 31.6. The van der Waals surface area contributed by atoms with Gasteiger partial charge in [0, 0.05) is 25.9 Å². The van der Waals surface area contributed by atoms with Crippen LogP contribution in [0.15, 0.2) is 58.3 Å². The monoisotopic (exact) mass is 638 g/mol. The Morgan fingerprint density at radius 2 is 1.05 bits per heavy atom. The van der Waals surface area contributed by atoms with E-state index in [1.165, 1.54) is 33.3 Å². The van der Waals surface area contributed by atoms with E-state index in [0.29, 0.717) is 44.4 Å². The van der Waals surface area contributed by atoms with E-state index in [1.807, 2.05) is 74.5 Å². The van der Waals surface area contributed by atoms with E-state index in [1.54, 1.807) is 0 Å². The van der Waals surface area contributed by atoms with Crippen LogP contribution < -0.4 is 10.9 Å². The molecule has 218 valence electrons. The highest BCUT2D eigenvalue weighted by Crippen LogP contribution is 2.33. The van der Waals surface area contributed by atoms with Gasteiger partial charge in [-0.1, -0.05) is 108 Å². The van der Waals surface area contributed by atoms with Gasteiger partial charge in [-0.15, -0.1) is 0 Å². The highest BCUT2D eigenvalue weighted by atomic mass is 32.2. The fraction of sp³-hybridized carbons (Fsp3) is 0.267. The Bertz CT molecular complexity index is 1360. The molecule has 2 N–H and O–H groups in total. The molecule has 12 heteroatoms. The first-order valence-electron chi connectivity index (χ1n) is 13.3. The minimum Gasteiger partial charge on any atom is -0.293 e. The standard InChI is InChI=1S/C30H30N4O4S4/c1-19-7-11-21(12-8-19)17-23-27(37)33(29(39)41-23)15-3-5-25(35)31-32-26(36)6-4-16-34-28(38)24(42-30(34)40)18-22-13-9-20(2)10-14-22/h7-14,17-18H,3-6,15-16H2,1-2H3,(H,31,35)(H,32,36)/b23-17+,24-18+. The third-order valence-electron chi connectivity index (χ3n) is 6.41. The summed E-state index contributed by atoms with van der Waals surface area (Å²) in [6, 6.07) is 15.7. The number of nitrogens with one attached hydrogen (secondary N) is 2. The lowest BCUT2D eigenvalue weighted by molar-refractivity contribution is -0.129. The van der Waals surface area contributed by atoms with Gasteiger partial charge in [0.15, 0.2) is 0 Å². The Kier molecular flexibility index (Phi) is 11.1. The Hall–Kier alpha value is -3.32. The molecule has 2 saturated heterocycles. The summed E-state index contributed by atoms with van der Waals surface area (Å²) < 4.78 is 0.915. The molecule has 8 nitrogen and oxygen atoms in total. The maximum absolute atomic E-state index is 12.8. The molecule has 0 unspecified atom stereocenters. The fourth-order valence-electron chi connectivity index (χ4n) is 4.07. The topological polar surface area (TPSA) is 98.8 Å². The molecule has 2 aromatic carbocycles. The molecule has 0 atom stereocenters. The zero-order valence-corrected chi connectivity index (χ0v) is 26.4. The lowest BCUT2D eigenvalue weighted by Crippen LogP contribution is -2.42. The zero-order chi connectivity index (χ0) is 30.2. The molecule has 2 aromatic rings. The third kappa shape index (κ3) is 8.60. The van der Waals surface area contributed by atoms with Crippen molar-refractivity contribution in [3.05, 3.63) is 80.6 Å². The summed E-state index contributed by atoms with van der Waals surface area (Å²) in [6.07, 6.45) is 4.62. The molecular formula is C30H30N4O4S4. The minimum absolute atomic E-state index is 0.109. The van der Waals surface area contributed by atoms with Crippen LogP contribution in [0, 0.1) is 13.8 Å². The molecule has 2 aliphatic heterocycles. The van der Waals surface area contributed by atoms with Crippen molar-refractivity contribution in [3.63, 3.8) is 0 Å². The maximum Gasteiger partial charge on any atom is 0.266 e. The second-order valence-corrected chi connectivity index (χ2v) is 13.1. The summed E-state index contributed by atoms with van der Waals surface area (Å²) in [7, 11) is 0. The van der Waals surface area contributed by atoms with Crippen molar-refractivity contribution in [2.75, 3.05) is 13.1 Å². The van der Waals surface area contributed by atoms with E-state index in [4.69, 9.17) is 24.4 Å². The average Bonchev–Trinajstić information content (AvgIpc) is 3.38. The molecule has 0 saturated carbocycles. The molecule has 0 aliphatic carbocycles. The van der Waals surface area contributed by atoms with Gasteiger partial charge in [-0.25, -0.2) is 0 Å². The minimum atomic E-state index is -0.373. The average molecular weight is 639 g/mol. The number of thiocarbonyl (C=S) groups is 2. The summed E-state index contributed by atoms with van der Waals surface area (Å²) in [5, 5.41) is 0. The van der Waals surface area contributed by atoms with E-state index in [-0.39, 0.29) is 36.5 Å². The van der Waals surface area contributed by atoms with Crippen molar-refractivity contribution >= 4 is 92.4 Å². The van der Waals surface area contributed by atoms with Crippen LogP contribution in [0.25, 0.3) is 12.2 Å². The molecule has 0 spiro atoms. The summed E-state index contributed by atoms with van der Waals surface area (Å²) in [5.41, 5.74) is 8.91. The molecule has 2 heterocycles. The lowest BCUT2D eigenvalue weighted by Gasteiger charge is -2.15. The van der Waals surface area contributed by atoms with Crippen molar-refractivity contribution in [1.82, 2.24) is 20.7 Å². The van der Waals surface area contributed by atoms with Gasteiger partial charge in [0.25, 0.3) is 11.8 Å². The van der Waals surface area contributed by atoms with Crippen molar-refractivity contribution in [2.24, 2.45) is 0 Å². The number of nitrogens with zero attached hydrogens (tertiary/aromatic N) is 2. The number of hydrogen-bond donors (Lipinski definition) is 2. The van der Waals surface area contributed by atoms with Gasteiger partial charge in [0.05, 0.1) is 9.81 Å². The van der Waals surface area contributed by atoms with Crippen molar-refractivity contribution in [3.8, 4) is 0 Å². The summed E-state index contributed by atoms with van der Waals surface area (Å²) in [5.74, 6) is -1.10. The molecule has 0 radical (unpaired) electrons. The Labute approximate surface area is 264 Å². The van der Waals surface area contributed by atoms with E-state index in [9.17, 15) is 19.2 Å². The Balaban J connectivity index is 1.14. The molecule has 2 aliphatic rings. The van der Waals surface area contributed by atoms with Crippen LogP contribution in [0.4, 0.5) is 0 Å². The fourth-order valence-corrected chi connectivity index (χ4v) is 6.69. The van der Waals surface area contributed by atoms with Gasteiger partial charge in [0.2, 0.25) is 11.8 Å². The molecule has 0 aromatic heterocycles. The predicted octanol–water partition coefficient (Wildman–Crippen LogP) is 5.11. The number of benzene rings is 2. The van der Waals surface area contributed by atoms with Crippen LogP contribution in [0.1, 0.15) is 47.9 Å². The molecular weight excluding hydrogens is 609 g/mol. The molecule has 42 heavy (non-hydrogen) atoms. The first-order valence-corrected chi connectivity index (χ1v) is 15.8. The van der Waals surface area contributed by atoms with Gasteiger partial charge >= 0.3 is 0 Å². The van der Waals surface area contributed by atoms with Gasteiger partial charge in [-0.2, -0.15) is 0 Å².